The third-order valence-corrected chi connectivity index (χ3v) is 3.96. The highest BCUT2D eigenvalue weighted by atomic mass is 19.1. The number of nitrogens with one attached hydrogen (secondary N) is 1. The molecule has 140 valence electrons. The van der Waals surface area contributed by atoms with E-state index in [1.54, 1.807) is 18.3 Å². The van der Waals surface area contributed by atoms with Crippen molar-refractivity contribution in [1.82, 2.24) is 10.3 Å². The molecule has 2 atom stereocenters. The molecular weight excluding hydrogens is 341 g/mol. The van der Waals surface area contributed by atoms with Gasteiger partial charge in [0, 0.05) is 19.3 Å². The summed E-state index contributed by atoms with van der Waals surface area (Å²) in [6.07, 6.45) is 0.908. The Kier molecular flexibility index (Phi) is 6.13. The number of hydrazone groups is 1. The van der Waals surface area contributed by atoms with Crippen LogP contribution < -0.4 is 10.2 Å². The van der Waals surface area contributed by atoms with Crippen molar-refractivity contribution in [3.05, 3.63) is 23.8 Å². The number of hydrogen-bond donors (Lipinski definition) is 2. The highest BCUT2D eigenvalue weighted by molar-refractivity contribution is 5.92. The molecule has 1 aromatic rings. The summed E-state index contributed by atoms with van der Waals surface area (Å²) in [5.74, 6) is 0.702. The third-order valence-electron chi connectivity index (χ3n) is 3.96. The summed E-state index contributed by atoms with van der Waals surface area (Å²) in [6.45, 7) is 4.69. The zero-order valence-electron chi connectivity index (χ0n) is 14.5. The number of morpholine rings is 1. The first-order valence-electron chi connectivity index (χ1n) is 8.50. The molecule has 0 aromatic heterocycles. The van der Waals surface area contributed by atoms with Crippen LogP contribution in [0.25, 0.3) is 0 Å². The van der Waals surface area contributed by atoms with Crippen LogP contribution in [0, 0.1) is 0 Å². The summed E-state index contributed by atoms with van der Waals surface area (Å²) in [5, 5.41) is 13.8. The topological polar surface area (TPSA) is 91.0 Å². The van der Waals surface area contributed by atoms with Gasteiger partial charge >= 0.3 is 0 Å². The number of nitrogens with zero attached hydrogens (tertiary/aromatic N) is 4. The maximum atomic E-state index is 14.1. The Bertz CT molecular complexity index is 704. The van der Waals surface area contributed by atoms with Crippen LogP contribution in [0.15, 0.2) is 33.3 Å². The number of halogens is 1. The van der Waals surface area contributed by atoms with Crippen molar-refractivity contribution in [2.75, 3.05) is 32.9 Å². The van der Waals surface area contributed by atoms with E-state index in [0.29, 0.717) is 38.7 Å². The lowest BCUT2D eigenvalue weighted by atomic mass is 10.2. The average Bonchev–Trinajstić information content (AvgIpc) is 2.66. The largest absolute Gasteiger partial charge is 0.504 e. The molecule has 0 bridgehead atoms. The number of phenolic OH excluding ortho intramolecular Hbond substituents is 1. The maximum absolute atomic E-state index is 14.1. The SMILES string of the molecule is CCOc1cc(/C=N\NC2=NC(N3CCOCC3)C(F)C=N2)ccc1O. The summed E-state index contributed by atoms with van der Waals surface area (Å²) in [6, 6.07) is 4.90. The zero-order valence-corrected chi connectivity index (χ0v) is 14.5. The lowest BCUT2D eigenvalue weighted by molar-refractivity contribution is 0.00754. The van der Waals surface area contributed by atoms with Crippen LogP contribution in [0.3, 0.4) is 0 Å². The normalized spacial score (nSPS) is 23.8. The van der Waals surface area contributed by atoms with Crippen LogP contribution in [0.1, 0.15) is 12.5 Å². The van der Waals surface area contributed by atoms with Crippen LogP contribution in [0.2, 0.25) is 0 Å². The molecule has 0 spiro atoms. The molecular formula is C17H22FN5O3. The first-order chi connectivity index (χ1) is 12.7. The van der Waals surface area contributed by atoms with E-state index in [4.69, 9.17) is 9.47 Å². The molecule has 3 rings (SSSR count). The molecule has 0 aliphatic carbocycles. The van der Waals surface area contributed by atoms with Gasteiger partial charge in [-0.3, -0.25) is 4.90 Å². The van der Waals surface area contributed by atoms with Gasteiger partial charge in [-0.15, -0.1) is 0 Å². The first kappa shape index (κ1) is 18.3. The Morgan fingerprint density at radius 3 is 3.04 bits per heavy atom. The summed E-state index contributed by atoms with van der Waals surface area (Å²) in [5.41, 5.74) is 3.45. The molecule has 1 aromatic carbocycles. The van der Waals surface area contributed by atoms with E-state index in [-0.39, 0.29) is 11.7 Å². The van der Waals surface area contributed by atoms with Crippen molar-refractivity contribution in [2.45, 2.75) is 19.3 Å². The van der Waals surface area contributed by atoms with Crippen LogP contribution in [0.5, 0.6) is 11.5 Å². The van der Waals surface area contributed by atoms with Gasteiger partial charge in [0.15, 0.2) is 17.7 Å². The van der Waals surface area contributed by atoms with Crippen LogP contribution in [0.4, 0.5) is 4.39 Å². The van der Waals surface area contributed by atoms with Crippen molar-refractivity contribution in [3.63, 3.8) is 0 Å². The Morgan fingerprint density at radius 2 is 2.27 bits per heavy atom. The maximum Gasteiger partial charge on any atom is 0.240 e. The molecule has 9 heteroatoms. The number of guanidine groups is 1. The third kappa shape index (κ3) is 4.55. The summed E-state index contributed by atoms with van der Waals surface area (Å²) < 4.78 is 24.7. The molecule has 2 aliphatic rings. The Labute approximate surface area is 151 Å². The molecule has 2 N–H and O–H groups in total. The van der Waals surface area contributed by atoms with E-state index in [9.17, 15) is 9.50 Å². The number of benzene rings is 1. The van der Waals surface area contributed by atoms with Gasteiger partial charge in [0.25, 0.3) is 0 Å². The first-order valence-corrected chi connectivity index (χ1v) is 8.50. The predicted molar refractivity (Wildman–Crippen MR) is 97.0 cm³/mol. The standard InChI is InChI=1S/C17H22FN5O3/c1-2-26-15-9-12(3-4-14(15)24)10-20-22-17-19-11-13(18)16(21-17)23-5-7-25-8-6-23/h3-4,9-11,13,16,24H,2,5-8H2,1H3,(H,21,22)/b20-10-. The fourth-order valence-corrected chi connectivity index (χ4v) is 2.68. The van der Waals surface area contributed by atoms with Gasteiger partial charge in [-0.05, 0) is 30.7 Å². The molecule has 1 fully saturated rings. The van der Waals surface area contributed by atoms with Crippen molar-refractivity contribution in [3.8, 4) is 11.5 Å². The second-order valence-electron chi connectivity index (χ2n) is 5.77. The monoisotopic (exact) mass is 363 g/mol. The van der Waals surface area contributed by atoms with E-state index in [2.05, 4.69) is 20.5 Å². The van der Waals surface area contributed by atoms with E-state index >= 15 is 0 Å². The van der Waals surface area contributed by atoms with Gasteiger partial charge in [0.2, 0.25) is 5.96 Å². The highest BCUT2D eigenvalue weighted by Gasteiger charge is 2.30. The fraction of sp³-hybridized carbons (Fsp3) is 0.471. The number of phenols is 1. The quantitative estimate of drug-likeness (QED) is 0.605. The Morgan fingerprint density at radius 1 is 1.46 bits per heavy atom. The molecule has 0 saturated carbocycles. The van der Waals surface area contributed by atoms with Crippen molar-refractivity contribution < 1.29 is 19.0 Å². The summed E-state index contributed by atoms with van der Waals surface area (Å²) >= 11 is 0. The molecule has 2 unspecified atom stereocenters. The molecule has 2 heterocycles. The summed E-state index contributed by atoms with van der Waals surface area (Å²) in [4.78, 5) is 10.2. The zero-order chi connectivity index (χ0) is 18.4. The van der Waals surface area contributed by atoms with Crippen molar-refractivity contribution >= 4 is 18.4 Å². The molecule has 26 heavy (non-hydrogen) atoms. The average molecular weight is 363 g/mol. The van der Waals surface area contributed by atoms with Gasteiger partial charge in [0.1, 0.15) is 6.17 Å². The van der Waals surface area contributed by atoms with Gasteiger partial charge in [0.05, 0.1) is 26.0 Å². The van der Waals surface area contributed by atoms with Crippen LogP contribution in [-0.4, -0.2) is 73.6 Å². The van der Waals surface area contributed by atoms with E-state index in [0.717, 1.165) is 5.56 Å². The number of ether oxygens (including phenoxy) is 2. The van der Waals surface area contributed by atoms with E-state index < -0.39 is 12.3 Å². The van der Waals surface area contributed by atoms with Crippen LogP contribution >= 0.6 is 0 Å². The van der Waals surface area contributed by atoms with Gasteiger partial charge < -0.3 is 14.6 Å². The lowest BCUT2D eigenvalue weighted by Gasteiger charge is -2.33. The van der Waals surface area contributed by atoms with Crippen molar-refractivity contribution in [1.29, 1.82) is 0 Å². The number of rotatable bonds is 5. The molecule has 0 amide bonds. The highest BCUT2D eigenvalue weighted by Crippen LogP contribution is 2.26. The molecule has 2 aliphatic heterocycles. The second-order valence-corrected chi connectivity index (χ2v) is 5.77. The lowest BCUT2D eigenvalue weighted by Crippen LogP contribution is -2.49. The predicted octanol–water partition coefficient (Wildman–Crippen LogP) is 1.15. The summed E-state index contributed by atoms with van der Waals surface area (Å²) in [7, 11) is 0. The smallest absolute Gasteiger partial charge is 0.240 e. The number of aromatic hydroxyl groups is 1. The van der Waals surface area contributed by atoms with E-state index in [1.165, 1.54) is 12.3 Å². The number of aliphatic imine (C=N–C) groups is 2. The minimum atomic E-state index is -1.26. The number of alkyl halides is 1. The van der Waals surface area contributed by atoms with Crippen molar-refractivity contribution in [2.24, 2.45) is 15.1 Å². The fourth-order valence-electron chi connectivity index (χ4n) is 2.68. The molecule has 0 radical (unpaired) electrons. The minimum absolute atomic E-state index is 0.0700. The van der Waals surface area contributed by atoms with Crippen LogP contribution in [-0.2, 0) is 4.74 Å². The Balaban J connectivity index is 1.63. The minimum Gasteiger partial charge on any atom is -0.504 e. The van der Waals surface area contributed by atoms with Gasteiger partial charge in [-0.1, -0.05) is 0 Å². The Hall–Kier alpha value is -2.52. The van der Waals surface area contributed by atoms with Gasteiger partial charge in [-0.25, -0.2) is 19.8 Å². The number of hydrogen-bond acceptors (Lipinski definition) is 8. The second kappa shape index (κ2) is 8.72. The molecule has 8 nitrogen and oxygen atoms in total. The molecule has 1 saturated heterocycles. The van der Waals surface area contributed by atoms with Gasteiger partial charge in [-0.2, -0.15) is 5.10 Å². The van der Waals surface area contributed by atoms with E-state index in [1.807, 2.05) is 11.8 Å².